The van der Waals surface area contributed by atoms with Gasteiger partial charge in [0.1, 0.15) is 23.7 Å². The maximum atomic E-state index is 14.8. The number of aromatic carboxylic acids is 1. The van der Waals surface area contributed by atoms with Crippen LogP contribution in [0.4, 0.5) is 60.7 Å². The minimum Gasteiger partial charge on any atom is -0.478 e. The summed E-state index contributed by atoms with van der Waals surface area (Å²) >= 11 is 0. The lowest BCUT2D eigenvalue weighted by molar-refractivity contribution is -0.118. The topological polar surface area (TPSA) is 257 Å². The molecule has 4 aromatic carbocycles. The summed E-state index contributed by atoms with van der Waals surface area (Å²) in [7, 11) is 0. The first-order valence-electron chi connectivity index (χ1n) is 32.7. The van der Waals surface area contributed by atoms with Crippen LogP contribution < -0.4 is 51.5 Å². The van der Waals surface area contributed by atoms with Gasteiger partial charge in [-0.15, -0.1) is 0 Å². The van der Waals surface area contributed by atoms with Gasteiger partial charge in [-0.05, 0) is 173 Å². The van der Waals surface area contributed by atoms with E-state index in [2.05, 4.69) is 51.6 Å². The Morgan fingerprint density at radius 2 is 0.875 bits per heavy atom. The van der Waals surface area contributed by atoms with Crippen LogP contribution in [0.15, 0.2) is 97.3 Å². The van der Waals surface area contributed by atoms with Crippen molar-refractivity contribution in [3.05, 3.63) is 166 Å². The number of carboxylic acids is 1. The van der Waals surface area contributed by atoms with Crippen molar-refractivity contribution in [2.24, 2.45) is 0 Å². The Kier molecular flexibility index (Phi) is 22.0. The Balaban J connectivity index is 0.000000131. The van der Waals surface area contributed by atoms with Gasteiger partial charge in [-0.3, -0.25) is 28.9 Å². The molecule has 4 saturated heterocycles. The summed E-state index contributed by atoms with van der Waals surface area (Å²) in [6, 6.07) is 19.5. The van der Waals surface area contributed by atoms with Crippen molar-refractivity contribution >= 4 is 69.9 Å². The van der Waals surface area contributed by atoms with Crippen molar-refractivity contribution < 1.29 is 65.3 Å². The molecule has 0 unspecified atom stereocenters. The second-order valence-corrected chi connectivity index (χ2v) is 25.1. The number of pyridine rings is 2. The van der Waals surface area contributed by atoms with Crippen LogP contribution in [0, 0.1) is 34.9 Å². The maximum Gasteiger partial charge on any atom is 0.335 e. The average Bonchev–Trinajstić information content (AvgIpc) is 1.09. The minimum absolute atomic E-state index is 0.0501. The van der Waals surface area contributed by atoms with Gasteiger partial charge >= 0.3 is 5.97 Å². The van der Waals surface area contributed by atoms with Crippen LogP contribution >= 0.6 is 0 Å². The zero-order valence-corrected chi connectivity index (χ0v) is 52.8. The van der Waals surface area contributed by atoms with E-state index in [-0.39, 0.29) is 83.1 Å². The molecule has 3 aliphatic carbocycles. The van der Waals surface area contributed by atoms with E-state index in [1.165, 1.54) is 18.2 Å². The summed E-state index contributed by atoms with van der Waals surface area (Å²) in [4.78, 5) is 89.7. The standard InChI is InChI=1S/C26H31FN6O2.C14H18FN3O.C12H15N3O2.C10H9F2NO.C7H4F2O2/c27-20-14-18(25(34)29-19-5-6-19)4-7-22(20)32-11-9-31(10-12-32)16-17-13-21-24(28-15-17)33-8-2-1-3-23(33)26(35)30-21;15-12-9-10(14(19)17-11-2-3-11)1-4-13(12)18-7-5-16-6-8-18;16-7-8-5-9-11(13-6-8)15-4-2-1-3-10(15)12(17)14-9;11-8-4-1-6(5-9(8)12)10(14)13-7-2-3-7;8-5-2-1-4(7(10)11)3-6(5)9/h4,7,13-15,19,23H,1-3,5-6,8-12,16H2,(H,29,34)(H,30,35);1,4,9,11,16H,2-3,5-8H2,(H,17,19);5-6,10,16H,1-4,7H2,(H,14,17);1,4-5,7H,2-3H2,(H,13,14);1-3H,(H,10,11)/t23-;;10-;;/m0.0../s1. The largest absolute Gasteiger partial charge is 0.478 e. The van der Waals surface area contributed by atoms with Gasteiger partial charge in [0, 0.05) is 119 Å². The molecule has 27 heteroatoms. The SMILES string of the molecule is O=C(NC1CC1)c1ccc(F)c(F)c1.O=C(NC1CC1)c1ccc(N2CCN(Cc3cnc4c(c3)NC(=O)[C@@H]3CCCCN43)CC2)c(F)c1.O=C(NC1CC1)c1ccc(N2CCNCC2)c(F)c1.O=C(O)c1ccc(F)c(F)c1.O=C1Nc2cc(CO)cnc2N2CCCC[C@@H]12. The second-order valence-electron chi connectivity index (χ2n) is 25.1. The van der Waals surface area contributed by atoms with Gasteiger partial charge < -0.3 is 61.7 Å². The molecule has 7 fully saturated rings. The van der Waals surface area contributed by atoms with E-state index in [1.54, 1.807) is 36.5 Å². The van der Waals surface area contributed by atoms with Gasteiger partial charge in [0.05, 0.1) is 34.9 Å². The van der Waals surface area contributed by atoms with Gasteiger partial charge in [0.2, 0.25) is 11.8 Å². The Morgan fingerprint density at radius 3 is 1.30 bits per heavy atom. The van der Waals surface area contributed by atoms with Crippen molar-refractivity contribution in [1.29, 1.82) is 0 Å². The number of aromatic nitrogens is 2. The summed E-state index contributed by atoms with van der Waals surface area (Å²) < 4.78 is 78.7. The van der Waals surface area contributed by atoms with Gasteiger partial charge in [-0.25, -0.2) is 41.1 Å². The molecule has 96 heavy (non-hydrogen) atoms. The maximum absolute atomic E-state index is 14.8. The Bertz CT molecular complexity index is 3850. The monoisotopic (exact) mass is 1330 g/mol. The van der Waals surface area contributed by atoms with Crippen molar-refractivity contribution in [3.8, 4) is 0 Å². The number of hydrogen-bond donors (Lipinski definition) is 8. The molecular weight excluding hydrogens is 1250 g/mol. The highest BCUT2D eigenvalue weighted by atomic mass is 19.2. The predicted octanol–water partition coefficient (Wildman–Crippen LogP) is 8.28. The van der Waals surface area contributed by atoms with E-state index in [0.717, 1.165) is 194 Å². The number of piperidine rings is 2. The van der Waals surface area contributed by atoms with Crippen LogP contribution in [0.5, 0.6) is 0 Å². The van der Waals surface area contributed by atoms with Crippen molar-refractivity contribution in [3.63, 3.8) is 0 Å². The lowest BCUT2D eigenvalue weighted by atomic mass is 9.99. The number of amides is 5. The summed E-state index contributed by atoms with van der Waals surface area (Å²) in [5.74, 6) is -4.94. The Labute approximate surface area is 551 Å². The highest BCUT2D eigenvalue weighted by Gasteiger charge is 2.38. The molecule has 2 atom stereocenters. The zero-order chi connectivity index (χ0) is 67.6. The van der Waals surface area contributed by atoms with Gasteiger partial charge in [0.15, 0.2) is 34.9 Å². The molecule has 3 saturated carbocycles. The summed E-state index contributed by atoms with van der Waals surface area (Å²) in [6.45, 7) is 8.75. The van der Waals surface area contributed by atoms with Crippen LogP contribution in [0.25, 0.3) is 0 Å². The van der Waals surface area contributed by atoms with Crippen LogP contribution in [-0.4, -0.2) is 156 Å². The first-order chi connectivity index (χ1) is 46.3. The van der Waals surface area contributed by atoms with Gasteiger partial charge in [0.25, 0.3) is 17.7 Å². The van der Waals surface area contributed by atoms with E-state index < -0.39 is 29.2 Å². The molecule has 508 valence electrons. The fourth-order valence-electron chi connectivity index (χ4n) is 12.0. The molecule has 0 spiro atoms. The van der Waals surface area contributed by atoms with E-state index in [9.17, 15) is 55.1 Å². The molecule has 9 aliphatic rings. The molecule has 0 radical (unpaired) electrons. The first kappa shape index (κ1) is 68.1. The number of piperazine rings is 2. The van der Waals surface area contributed by atoms with Crippen LogP contribution in [0.3, 0.4) is 0 Å². The predicted molar refractivity (Wildman–Crippen MR) is 348 cm³/mol. The number of aliphatic hydroxyl groups excluding tert-OH is 1. The molecule has 2 aromatic heterocycles. The number of hydrogen-bond acceptors (Lipinski definition) is 15. The van der Waals surface area contributed by atoms with Gasteiger partial charge in [-0.2, -0.15) is 0 Å². The molecule has 21 nitrogen and oxygen atoms in total. The average molecular weight is 1330 g/mol. The number of rotatable bonds is 12. The molecule has 8 N–H and O–H groups in total. The van der Waals surface area contributed by atoms with E-state index in [1.807, 2.05) is 22.1 Å². The number of halogens is 6. The molecule has 6 aromatic rings. The second kappa shape index (κ2) is 31.0. The third kappa shape index (κ3) is 17.6. The normalized spacial score (nSPS) is 19.3. The van der Waals surface area contributed by atoms with Crippen LogP contribution in [0.1, 0.15) is 130 Å². The molecule has 0 bridgehead atoms. The van der Waals surface area contributed by atoms with Gasteiger partial charge in [-0.1, -0.05) is 0 Å². The van der Waals surface area contributed by atoms with Crippen LogP contribution in [0.2, 0.25) is 0 Å². The number of nitrogens with one attached hydrogen (secondary N) is 6. The Morgan fingerprint density at radius 1 is 0.469 bits per heavy atom. The van der Waals surface area contributed by atoms with E-state index >= 15 is 0 Å². The number of carboxylic acid groups (broad SMARTS) is 1. The lowest BCUT2D eigenvalue weighted by Gasteiger charge is -2.40. The lowest BCUT2D eigenvalue weighted by Crippen LogP contribution is -2.51. The minimum atomic E-state index is -1.27. The molecule has 6 aliphatic heterocycles. The number of anilines is 6. The van der Waals surface area contributed by atoms with E-state index in [4.69, 9.17) is 15.2 Å². The smallest absolute Gasteiger partial charge is 0.335 e. The first-order valence-corrected chi connectivity index (χ1v) is 32.7. The van der Waals surface area contributed by atoms with Crippen molar-refractivity contribution in [2.75, 3.05) is 95.7 Å². The quantitative estimate of drug-likeness (QED) is 0.0536. The summed E-state index contributed by atoms with van der Waals surface area (Å²) in [5.41, 5.74) is 5.12. The molecule has 8 heterocycles. The number of aliphatic hydroxyl groups is 1. The van der Waals surface area contributed by atoms with Crippen LogP contribution in [-0.2, 0) is 22.7 Å². The Hall–Kier alpha value is -9.34. The summed E-state index contributed by atoms with van der Waals surface area (Å²) in [6.07, 6.45) is 15.8. The number of benzene rings is 4. The fourth-order valence-corrected chi connectivity index (χ4v) is 12.0. The van der Waals surface area contributed by atoms with Crippen molar-refractivity contribution in [2.45, 2.75) is 120 Å². The molecule has 15 rings (SSSR count). The number of fused-ring (bicyclic) bond motifs is 6. The number of carbonyl (C=O) groups excluding carboxylic acids is 5. The third-order valence-corrected chi connectivity index (χ3v) is 17.8. The summed E-state index contributed by atoms with van der Waals surface area (Å²) in [5, 5.41) is 35.0. The fraction of sp³-hybridized carbons (Fsp3) is 0.420. The molecular formula is C69H77F6N13O8. The molecule has 5 amide bonds. The zero-order valence-electron chi connectivity index (χ0n) is 52.8. The highest BCUT2D eigenvalue weighted by Crippen LogP contribution is 2.37. The van der Waals surface area contributed by atoms with Crippen molar-refractivity contribution in [1.82, 2.24) is 36.1 Å². The third-order valence-electron chi connectivity index (χ3n) is 17.8. The number of carbonyl (C=O) groups is 6. The number of nitrogens with zero attached hydrogens (tertiary/aromatic N) is 7. The van der Waals surface area contributed by atoms with E-state index in [0.29, 0.717) is 47.7 Å². The highest BCUT2D eigenvalue weighted by molar-refractivity contribution is 6.04.